The first-order valence-electron chi connectivity index (χ1n) is 5.27. The fourth-order valence-electron chi connectivity index (χ4n) is 1.47. The van der Waals surface area contributed by atoms with Crippen molar-refractivity contribution in [3.8, 4) is 6.07 Å². The fourth-order valence-corrected chi connectivity index (χ4v) is 1.47. The molecule has 0 bridgehead atoms. The topological polar surface area (TPSA) is 62.1 Å². The number of nitriles is 1. The summed E-state index contributed by atoms with van der Waals surface area (Å²) >= 11 is 0. The van der Waals surface area contributed by atoms with Crippen LogP contribution >= 0.6 is 0 Å². The van der Waals surface area contributed by atoms with Crippen LogP contribution in [0.4, 0.5) is 0 Å². The second kappa shape index (κ2) is 4.19. The number of rotatable bonds is 3. The van der Waals surface area contributed by atoms with E-state index >= 15 is 0 Å². The Morgan fingerprint density at radius 3 is 2.80 bits per heavy atom. The average molecular weight is 210 g/mol. The zero-order valence-corrected chi connectivity index (χ0v) is 9.59. The van der Waals surface area contributed by atoms with Gasteiger partial charge in [-0.25, -0.2) is 0 Å². The Labute approximate surface area is 90.6 Å². The van der Waals surface area contributed by atoms with Gasteiger partial charge in [0.05, 0.1) is 18.2 Å². The maximum absolute atomic E-state index is 11.9. The third kappa shape index (κ3) is 2.48. The molecule has 4 nitrogen and oxygen atoms in total. The minimum Gasteiger partial charge on any atom is -0.379 e. The van der Waals surface area contributed by atoms with Crippen molar-refractivity contribution >= 4 is 5.91 Å². The molecule has 0 aliphatic carbocycles. The van der Waals surface area contributed by atoms with Crippen LogP contribution in [-0.2, 0) is 9.53 Å². The highest BCUT2D eigenvalue weighted by Gasteiger charge is 2.38. The Balaban J connectivity index is 2.66. The highest BCUT2D eigenvalue weighted by atomic mass is 16.5. The van der Waals surface area contributed by atoms with Gasteiger partial charge in [-0.1, -0.05) is 6.92 Å². The van der Waals surface area contributed by atoms with Crippen molar-refractivity contribution in [3.05, 3.63) is 0 Å². The Bertz CT molecular complexity index is 289. The molecule has 2 atom stereocenters. The van der Waals surface area contributed by atoms with Gasteiger partial charge in [0, 0.05) is 6.61 Å². The monoisotopic (exact) mass is 210 g/mol. The molecule has 0 radical (unpaired) electrons. The molecule has 1 N–H and O–H groups in total. The van der Waals surface area contributed by atoms with Gasteiger partial charge in [-0.3, -0.25) is 4.79 Å². The summed E-state index contributed by atoms with van der Waals surface area (Å²) < 4.78 is 5.24. The van der Waals surface area contributed by atoms with Crippen LogP contribution in [0.3, 0.4) is 0 Å². The van der Waals surface area contributed by atoms with Crippen LogP contribution < -0.4 is 5.32 Å². The minimum atomic E-state index is -0.925. The molecule has 1 aliphatic heterocycles. The molecule has 4 heteroatoms. The van der Waals surface area contributed by atoms with Gasteiger partial charge < -0.3 is 10.1 Å². The lowest BCUT2D eigenvalue weighted by molar-refractivity contribution is -0.129. The molecule has 1 heterocycles. The summed E-state index contributed by atoms with van der Waals surface area (Å²) in [5.74, 6) is -0.194. The van der Waals surface area contributed by atoms with Crippen LogP contribution in [-0.4, -0.2) is 24.7 Å². The Morgan fingerprint density at radius 2 is 2.40 bits per heavy atom. The summed E-state index contributed by atoms with van der Waals surface area (Å²) in [6.07, 6.45) is 1.33. The highest BCUT2D eigenvalue weighted by molar-refractivity contribution is 5.85. The molecule has 2 unspecified atom stereocenters. The molecule has 15 heavy (non-hydrogen) atoms. The number of hydrogen-bond acceptors (Lipinski definition) is 3. The van der Waals surface area contributed by atoms with Gasteiger partial charge in [-0.05, 0) is 26.7 Å². The van der Waals surface area contributed by atoms with E-state index in [0.717, 1.165) is 6.42 Å². The summed E-state index contributed by atoms with van der Waals surface area (Å²) in [4.78, 5) is 11.9. The lowest BCUT2D eigenvalue weighted by atomic mass is 9.87. The van der Waals surface area contributed by atoms with E-state index in [-0.39, 0.29) is 11.4 Å². The first-order chi connectivity index (χ1) is 6.96. The molecular weight excluding hydrogens is 192 g/mol. The molecule has 1 aliphatic rings. The van der Waals surface area contributed by atoms with Crippen LogP contribution in [0.25, 0.3) is 0 Å². The Kier molecular flexibility index (Phi) is 3.35. The zero-order valence-electron chi connectivity index (χ0n) is 9.59. The normalized spacial score (nSPS) is 29.2. The van der Waals surface area contributed by atoms with Gasteiger partial charge >= 0.3 is 0 Å². The number of hydrogen-bond donors (Lipinski definition) is 1. The van der Waals surface area contributed by atoms with E-state index in [4.69, 9.17) is 10.00 Å². The molecule has 1 fully saturated rings. The van der Waals surface area contributed by atoms with E-state index in [1.807, 2.05) is 13.8 Å². The van der Waals surface area contributed by atoms with Gasteiger partial charge in [0.2, 0.25) is 5.91 Å². The second-order valence-electron chi connectivity index (χ2n) is 4.61. The molecule has 84 valence electrons. The van der Waals surface area contributed by atoms with Crippen molar-refractivity contribution < 1.29 is 9.53 Å². The van der Waals surface area contributed by atoms with Gasteiger partial charge in [-0.2, -0.15) is 5.26 Å². The zero-order chi connectivity index (χ0) is 11.5. The number of nitrogens with one attached hydrogen (secondary N) is 1. The van der Waals surface area contributed by atoms with Gasteiger partial charge in [0.1, 0.15) is 5.41 Å². The molecule has 0 spiro atoms. The summed E-state index contributed by atoms with van der Waals surface area (Å²) in [5.41, 5.74) is -1.23. The van der Waals surface area contributed by atoms with Crippen LogP contribution in [0, 0.1) is 16.7 Å². The molecule has 0 aromatic heterocycles. The van der Waals surface area contributed by atoms with Gasteiger partial charge in [0.15, 0.2) is 0 Å². The van der Waals surface area contributed by atoms with E-state index in [2.05, 4.69) is 11.4 Å². The molecule has 0 saturated carbocycles. The van der Waals surface area contributed by atoms with Crippen molar-refractivity contribution in [2.75, 3.05) is 13.2 Å². The summed E-state index contributed by atoms with van der Waals surface area (Å²) in [6, 6.07) is 2.07. The standard InChI is InChI=1S/C11H18N2O2/c1-4-10(2,7-12)9(14)13-11(3)5-6-15-8-11/h4-6,8H2,1-3H3,(H,13,14). The number of amides is 1. The van der Waals surface area contributed by atoms with Crippen molar-refractivity contribution in [2.45, 2.75) is 39.2 Å². The van der Waals surface area contributed by atoms with Crippen LogP contribution in [0.15, 0.2) is 0 Å². The van der Waals surface area contributed by atoms with Crippen LogP contribution in [0.1, 0.15) is 33.6 Å². The SMILES string of the molecule is CCC(C)(C#N)C(=O)NC1(C)CCOC1. The van der Waals surface area contributed by atoms with Crippen molar-refractivity contribution in [3.63, 3.8) is 0 Å². The van der Waals surface area contributed by atoms with Crippen LogP contribution in [0.2, 0.25) is 0 Å². The van der Waals surface area contributed by atoms with Gasteiger partial charge in [-0.15, -0.1) is 0 Å². The van der Waals surface area contributed by atoms with E-state index in [9.17, 15) is 4.79 Å². The van der Waals surface area contributed by atoms with Crippen LogP contribution in [0.5, 0.6) is 0 Å². The minimum absolute atomic E-state index is 0.194. The number of carbonyl (C=O) groups is 1. The summed E-state index contributed by atoms with van der Waals surface area (Å²) in [6.45, 7) is 6.67. The number of nitrogens with zero attached hydrogens (tertiary/aromatic N) is 1. The summed E-state index contributed by atoms with van der Waals surface area (Å²) in [7, 11) is 0. The maximum Gasteiger partial charge on any atom is 0.240 e. The Morgan fingerprint density at radius 1 is 1.73 bits per heavy atom. The van der Waals surface area contributed by atoms with Crippen molar-refractivity contribution in [1.82, 2.24) is 5.32 Å². The molecular formula is C11H18N2O2. The largest absolute Gasteiger partial charge is 0.379 e. The lowest BCUT2D eigenvalue weighted by Crippen LogP contribution is -2.51. The lowest BCUT2D eigenvalue weighted by Gasteiger charge is -2.28. The smallest absolute Gasteiger partial charge is 0.240 e. The van der Waals surface area contributed by atoms with Gasteiger partial charge in [0.25, 0.3) is 0 Å². The third-order valence-electron chi connectivity index (χ3n) is 3.09. The molecule has 0 aromatic carbocycles. The molecule has 1 rings (SSSR count). The first kappa shape index (κ1) is 12.0. The predicted octanol–water partition coefficient (Wildman–Crippen LogP) is 1.22. The maximum atomic E-state index is 11.9. The molecule has 1 amide bonds. The van der Waals surface area contributed by atoms with E-state index in [0.29, 0.717) is 19.6 Å². The van der Waals surface area contributed by atoms with E-state index < -0.39 is 5.41 Å². The van der Waals surface area contributed by atoms with Crippen molar-refractivity contribution in [2.24, 2.45) is 5.41 Å². The molecule has 0 aromatic rings. The molecule has 1 saturated heterocycles. The Hall–Kier alpha value is -1.08. The average Bonchev–Trinajstić information content (AvgIpc) is 2.63. The second-order valence-corrected chi connectivity index (χ2v) is 4.61. The van der Waals surface area contributed by atoms with E-state index in [1.165, 1.54) is 0 Å². The quantitative estimate of drug-likeness (QED) is 0.761. The summed E-state index contributed by atoms with van der Waals surface area (Å²) in [5, 5.41) is 11.9. The van der Waals surface area contributed by atoms with E-state index in [1.54, 1.807) is 6.92 Å². The third-order valence-corrected chi connectivity index (χ3v) is 3.09. The highest BCUT2D eigenvalue weighted by Crippen LogP contribution is 2.24. The number of ether oxygens (including phenoxy) is 1. The fraction of sp³-hybridized carbons (Fsp3) is 0.818. The predicted molar refractivity (Wildman–Crippen MR) is 56.0 cm³/mol. The van der Waals surface area contributed by atoms with Crippen molar-refractivity contribution in [1.29, 1.82) is 5.26 Å². The first-order valence-corrected chi connectivity index (χ1v) is 5.27. The number of carbonyl (C=O) groups excluding carboxylic acids is 1.